The van der Waals surface area contributed by atoms with Crippen molar-refractivity contribution in [2.24, 2.45) is 11.7 Å². The van der Waals surface area contributed by atoms with Gasteiger partial charge in [0.25, 0.3) is 0 Å². The van der Waals surface area contributed by atoms with Crippen LogP contribution in [0, 0.1) is 5.92 Å². The van der Waals surface area contributed by atoms with Crippen LogP contribution in [0.15, 0.2) is 0 Å². The number of rotatable bonds is 6. The van der Waals surface area contributed by atoms with Gasteiger partial charge < -0.3 is 16.0 Å². The molecule has 3 N–H and O–H groups in total. The molecule has 0 aromatic heterocycles. The summed E-state index contributed by atoms with van der Waals surface area (Å²) in [5.41, 5.74) is 5.15. The summed E-state index contributed by atoms with van der Waals surface area (Å²) in [5.74, 6) is 0.168. The highest BCUT2D eigenvalue weighted by Gasteiger charge is 2.32. The molecule has 1 aliphatic carbocycles. The molecular weight excluding hydrogens is 206 g/mol. The van der Waals surface area contributed by atoms with Crippen molar-refractivity contribution in [2.75, 3.05) is 19.6 Å². The van der Waals surface area contributed by atoms with Crippen LogP contribution in [0.3, 0.4) is 0 Å². The Kier molecular flexibility index (Phi) is 4.73. The van der Waals surface area contributed by atoms with Gasteiger partial charge in [0, 0.05) is 12.6 Å². The fourth-order valence-corrected chi connectivity index (χ4v) is 1.58. The van der Waals surface area contributed by atoms with Crippen molar-refractivity contribution < 1.29 is 9.59 Å². The Labute approximate surface area is 96.4 Å². The smallest absolute Gasteiger partial charge is 0.242 e. The van der Waals surface area contributed by atoms with E-state index in [9.17, 15) is 9.59 Å². The van der Waals surface area contributed by atoms with Crippen LogP contribution < -0.4 is 11.1 Å². The molecule has 0 atom stereocenters. The summed E-state index contributed by atoms with van der Waals surface area (Å²) in [4.78, 5) is 24.7. The van der Waals surface area contributed by atoms with Gasteiger partial charge in [0.05, 0.1) is 13.1 Å². The van der Waals surface area contributed by atoms with Gasteiger partial charge in [-0.1, -0.05) is 13.8 Å². The van der Waals surface area contributed by atoms with Gasteiger partial charge in [-0.05, 0) is 18.8 Å². The first-order valence-electron chi connectivity index (χ1n) is 5.80. The van der Waals surface area contributed by atoms with Crippen molar-refractivity contribution >= 4 is 11.8 Å². The van der Waals surface area contributed by atoms with Gasteiger partial charge in [0.2, 0.25) is 11.8 Å². The van der Waals surface area contributed by atoms with E-state index in [1.807, 2.05) is 4.90 Å². The molecule has 0 aromatic carbocycles. The molecule has 0 radical (unpaired) electrons. The third-order valence-electron chi connectivity index (χ3n) is 2.49. The molecule has 0 unspecified atom stereocenters. The molecule has 1 saturated carbocycles. The van der Waals surface area contributed by atoms with Crippen LogP contribution in [-0.4, -0.2) is 42.4 Å². The summed E-state index contributed by atoms with van der Waals surface area (Å²) in [6.07, 6.45) is 2.17. The summed E-state index contributed by atoms with van der Waals surface area (Å²) in [6, 6.07) is 0.393. The zero-order chi connectivity index (χ0) is 12.1. The zero-order valence-corrected chi connectivity index (χ0v) is 10.0. The number of carbonyl (C=O) groups is 2. The molecular formula is C11H21N3O2. The highest BCUT2D eigenvalue weighted by molar-refractivity contribution is 5.85. The van der Waals surface area contributed by atoms with E-state index in [0.29, 0.717) is 12.0 Å². The minimum Gasteiger partial charge on any atom is -0.346 e. The maximum Gasteiger partial charge on any atom is 0.242 e. The van der Waals surface area contributed by atoms with E-state index in [1.165, 1.54) is 0 Å². The van der Waals surface area contributed by atoms with Crippen molar-refractivity contribution in [3.05, 3.63) is 0 Å². The average Bonchev–Trinajstić information content (AvgIpc) is 3.05. The van der Waals surface area contributed by atoms with Crippen LogP contribution in [0.4, 0.5) is 0 Å². The third-order valence-corrected chi connectivity index (χ3v) is 2.49. The third kappa shape index (κ3) is 4.18. The summed E-state index contributed by atoms with van der Waals surface area (Å²) in [5, 5.41) is 2.51. The van der Waals surface area contributed by atoms with Gasteiger partial charge in [0.15, 0.2) is 0 Å². The molecule has 5 nitrogen and oxygen atoms in total. The van der Waals surface area contributed by atoms with Gasteiger partial charge in [-0.15, -0.1) is 0 Å². The van der Waals surface area contributed by atoms with Crippen LogP contribution >= 0.6 is 0 Å². The molecule has 92 valence electrons. The highest BCUT2D eigenvalue weighted by Crippen LogP contribution is 2.27. The van der Waals surface area contributed by atoms with E-state index in [2.05, 4.69) is 19.2 Å². The Balaban J connectivity index is 2.38. The maximum absolute atomic E-state index is 11.9. The van der Waals surface area contributed by atoms with Crippen molar-refractivity contribution in [1.29, 1.82) is 0 Å². The van der Waals surface area contributed by atoms with Gasteiger partial charge in [-0.2, -0.15) is 0 Å². The van der Waals surface area contributed by atoms with Crippen molar-refractivity contribution in [3.8, 4) is 0 Å². The summed E-state index contributed by atoms with van der Waals surface area (Å²) < 4.78 is 0. The second-order valence-corrected chi connectivity index (χ2v) is 4.65. The van der Waals surface area contributed by atoms with Crippen LogP contribution in [0.5, 0.6) is 0 Å². The maximum atomic E-state index is 11.9. The molecule has 1 fully saturated rings. The Bertz CT molecular complexity index is 262. The van der Waals surface area contributed by atoms with Crippen LogP contribution in [0.25, 0.3) is 0 Å². The lowest BCUT2D eigenvalue weighted by Crippen LogP contribution is -2.44. The minimum absolute atomic E-state index is 0.00185. The fraction of sp³-hybridized carbons (Fsp3) is 0.818. The summed E-state index contributed by atoms with van der Waals surface area (Å²) >= 11 is 0. The first-order chi connectivity index (χ1) is 7.54. The molecule has 1 rings (SSSR count). The van der Waals surface area contributed by atoms with Crippen LogP contribution in [0.2, 0.25) is 0 Å². The highest BCUT2D eigenvalue weighted by atomic mass is 16.2. The van der Waals surface area contributed by atoms with E-state index in [0.717, 1.165) is 19.4 Å². The molecule has 0 spiro atoms. The molecule has 16 heavy (non-hydrogen) atoms. The zero-order valence-electron chi connectivity index (χ0n) is 10.0. The number of hydrogen-bond acceptors (Lipinski definition) is 3. The van der Waals surface area contributed by atoms with E-state index in [4.69, 9.17) is 5.73 Å². The van der Waals surface area contributed by atoms with E-state index < -0.39 is 0 Å². The largest absolute Gasteiger partial charge is 0.346 e. The first-order valence-corrected chi connectivity index (χ1v) is 5.80. The number of nitrogens with zero attached hydrogens (tertiary/aromatic N) is 1. The van der Waals surface area contributed by atoms with Gasteiger partial charge in [0.1, 0.15) is 0 Å². The van der Waals surface area contributed by atoms with E-state index in [1.54, 1.807) is 0 Å². The molecule has 0 aromatic rings. The van der Waals surface area contributed by atoms with Crippen LogP contribution in [0.1, 0.15) is 26.7 Å². The molecule has 1 aliphatic rings. The normalized spacial score (nSPS) is 15.0. The van der Waals surface area contributed by atoms with Gasteiger partial charge in [-0.3, -0.25) is 9.59 Å². The Hall–Kier alpha value is -1.10. The molecule has 2 amide bonds. The monoisotopic (exact) mass is 227 g/mol. The van der Waals surface area contributed by atoms with Gasteiger partial charge in [-0.25, -0.2) is 0 Å². The number of hydrogen-bond donors (Lipinski definition) is 2. The molecule has 0 aliphatic heterocycles. The molecule has 0 heterocycles. The second-order valence-electron chi connectivity index (χ2n) is 4.65. The lowest BCUT2D eigenvalue weighted by atomic mass is 10.2. The Morgan fingerprint density at radius 1 is 1.44 bits per heavy atom. The number of nitrogens with one attached hydrogen (secondary N) is 1. The number of nitrogens with two attached hydrogens (primary N) is 1. The Morgan fingerprint density at radius 2 is 2.06 bits per heavy atom. The van der Waals surface area contributed by atoms with Crippen molar-refractivity contribution in [1.82, 2.24) is 10.2 Å². The predicted molar refractivity (Wildman–Crippen MR) is 61.6 cm³/mol. The standard InChI is InChI=1S/C11H21N3O2/c1-8(2)7-14(9-3-4-9)11(16)6-13-10(15)5-12/h8-9H,3-7,12H2,1-2H3,(H,13,15). The average molecular weight is 227 g/mol. The van der Waals surface area contributed by atoms with Crippen molar-refractivity contribution in [2.45, 2.75) is 32.7 Å². The van der Waals surface area contributed by atoms with Crippen LogP contribution in [-0.2, 0) is 9.59 Å². The molecule has 5 heteroatoms. The SMILES string of the molecule is CC(C)CN(C(=O)CNC(=O)CN)C1CC1. The minimum atomic E-state index is -0.284. The second kappa shape index (κ2) is 5.84. The quantitative estimate of drug-likeness (QED) is 0.654. The number of carbonyl (C=O) groups excluding carboxylic acids is 2. The lowest BCUT2D eigenvalue weighted by molar-refractivity contribution is -0.133. The Morgan fingerprint density at radius 3 is 2.50 bits per heavy atom. The first kappa shape index (κ1) is 13.0. The van der Waals surface area contributed by atoms with E-state index in [-0.39, 0.29) is 24.9 Å². The van der Waals surface area contributed by atoms with Gasteiger partial charge >= 0.3 is 0 Å². The topological polar surface area (TPSA) is 75.4 Å². The summed E-state index contributed by atoms with van der Waals surface area (Å²) in [7, 11) is 0. The fourth-order valence-electron chi connectivity index (χ4n) is 1.58. The summed E-state index contributed by atoms with van der Waals surface area (Å²) in [6.45, 7) is 4.93. The molecule has 0 bridgehead atoms. The lowest BCUT2D eigenvalue weighted by Gasteiger charge is -2.24. The van der Waals surface area contributed by atoms with Crippen molar-refractivity contribution in [3.63, 3.8) is 0 Å². The number of amides is 2. The van der Waals surface area contributed by atoms with E-state index >= 15 is 0 Å². The predicted octanol–water partition coefficient (Wildman–Crippen LogP) is -0.292. The molecule has 0 saturated heterocycles.